The Morgan fingerprint density at radius 3 is 2.38 bits per heavy atom. The van der Waals surface area contributed by atoms with Crippen LogP contribution in [0.2, 0.25) is 10.0 Å². The highest BCUT2D eigenvalue weighted by atomic mass is 35.5. The van der Waals surface area contributed by atoms with Gasteiger partial charge in [-0.1, -0.05) is 23.2 Å². The number of carbonyl (C=O) groups is 1. The van der Waals surface area contributed by atoms with Gasteiger partial charge in [-0.25, -0.2) is 0 Å². The lowest BCUT2D eigenvalue weighted by Gasteiger charge is -2.02. The lowest BCUT2D eigenvalue weighted by atomic mass is 10.1. The molecular formula is C12H7Cl2NO. The smallest absolute Gasteiger partial charge is 0.196 e. The largest absolute Gasteiger partial charge is 0.288 e. The molecule has 16 heavy (non-hydrogen) atoms. The predicted octanol–water partition coefficient (Wildman–Crippen LogP) is 3.62. The molecule has 0 unspecified atom stereocenters. The Balaban J connectivity index is 2.40. The fourth-order valence-electron chi connectivity index (χ4n) is 1.30. The monoisotopic (exact) mass is 251 g/mol. The van der Waals surface area contributed by atoms with Gasteiger partial charge in [0.1, 0.15) is 0 Å². The summed E-state index contributed by atoms with van der Waals surface area (Å²) in [5.74, 6) is -0.158. The molecule has 0 saturated carbocycles. The maximum absolute atomic E-state index is 12.0. The Labute approximate surface area is 103 Å². The van der Waals surface area contributed by atoms with E-state index in [4.69, 9.17) is 23.2 Å². The van der Waals surface area contributed by atoms with Gasteiger partial charge in [0.05, 0.1) is 10.6 Å². The molecule has 0 amide bonds. The van der Waals surface area contributed by atoms with Crippen molar-refractivity contribution in [3.8, 4) is 0 Å². The molecule has 0 aliphatic heterocycles. The molecule has 4 heteroatoms. The van der Waals surface area contributed by atoms with E-state index < -0.39 is 0 Å². The minimum atomic E-state index is -0.158. The zero-order chi connectivity index (χ0) is 11.5. The summed E-state index contributed by atoms with van der Waals surface area (Å²) >= 11 is 11.7. The van der Waals surface area contributed by atoms with Gasteiger partial charge in [0.2, 0.25) is 0 Å². The van der Waals surface area contributed by atoms with Crippen molar-refractivity contribution >= 4 is 29.0 Å². The summed E-state index contributed by atoms with van der Waals surface area (Å²) in [4.78, 5) is 15.9. The number of rotatable bonds is 2. The molecule has 80 valence electrons. The first-order chi connectivity index (χ1) is 7.68. The Morgan fingerprint density at radius 1 is 1.06 bits per heavy atom. The van der Waals surface area contributed by atoms with Gasteiger partial charge in [0, 0.05) is 23.0 Å². The quantitative estimate of drug-likeness (QED) is 0.764. The van der Waals surface area contributed by atoms with Crippen molar-refractivity contribution in [3.05, 3.63) is 63.9 Å². The maximum atomic E-state index is 12.0. The molecule has 0 fully saturated rings. The van der Waals surface area contributed by atoms with Gasteiger partial charge in [0.25, 0.3) is 0 Å². The molecule has 1 aromatic heterocycles. The van der Waals surface area contributed by atoms with Crippen LogP contribution in [0, 0.1) is 0 Å². The number of halogens is 2. The van der Waals surface area contributed by atoms with Gasteiger partial charge in [-0.15, -0.1) is 0 Å². The number of aromatic nitrogens is 1. The van der Waals surface area contributed by atoms with Crippen molar-refractivity contribution in [3.63, 3.8) is 0 Å². The second-order valence-electron chi connectivity index (χ2n) is 3.19. The van der Waals surface area contributed by atoms with E-state index in [1.807, 2.05) is 0 Å². The van der Waals surface area contributed by atoms with Gasteiger partial charge < -0.3 is 0 Å². The normalized spacial score (nSPS) is 10.1. The summed E-state index contributed by atoms with van der Waals surface area (Å²) in [5, 5.41) is 0.990. The summed E-state index contributed by atoms with van der Waals surface area (Å²) in [7, 11) is 0. The van der Waals surface area contributed by atoms with Crippen LogP contribution in [0.1, 0.15) is 15.9 Å². The van der Waals surface area contributed by atoms with Crippen LogP contribution < -0.4 is 0 Å². The van der Waals surface area contributed by atoms with Crippen LogP contribution in [0.15, 0.2) is 42.7 Å². The topological polar surface area (TPSA) is 30.0 Å². The molecule has 2 rings (SSSR count). The Bertz CT molecular complexity index is 523. The van der Waals surface area contributed by atoms with Gasteiger partial charge in [-0.05, 0) is 30.3 Å². The van der Waals surface area contributed by atoms with Crippen LogP contribution in [0.25, 0.3) is 0 Å². The van der Waals surface area contributed by atoms with Gasteiger partial charge in [-0.3, -0.25) is 9.78 Å². The molecule has 2 nitrogen and oxygen atoms in total. The SMILES string of the molecule is O=C(c1ccc(Cl)cc1)c1cnccc1Cl. The molecule has 0 radical (unpaired) electrons. The lowest BCUT2D eigenvalue weighted by Crippen LogP contribution is -2.02. The van der Waals surface area contributed by atoms with Gasteiger partial charge >= 0.3 is 0 Å². The van der Waals surface area contributed by atoms with Crippen molar-refractivity contribution < 1.29 is 4.79 Å². The lowest BCUT2D eigenvalue weighted by molar-refractivity contribution is 0.103. The van der Waals surface area contributed by atoms with E-state index in [-0.39, 0.29) is 5.78 Å². The van der Waals surface area contributed by atoms with Crippen LogP contribution in [0.4, 0.5) is 0 Å². The first-order valence-corrected chi connectivity index (χ1v) is 5.34. The van der Waals surface area contributed by atoms with E-state index >= 15 is 0 Å². The number of hydrogen-bond acceptors (Lipinski definition) is 2. The van der Waals surface area contributed by atoms with Crippen molar-refractivity contribution in [2.75, 3.05) is 0 Å². The molecule has 0 aliphatic carbocycles. The Kier molecular flexibility index (Phi) is 3.22. The van der Waals surface area contributed by atoms with Crippen LogP contribution in [-0.4, -0.2) is 10.8 Å². The number of hydrogen-bond donors (Lipinski definition) is 0. The summed E-state index contributed by atoms with van der Waals surface area (Å²) in [6.45, 7) is 0. The molecule has 0 saturated heterocycles. The van der Waals surface area contributed by atoms with Crippen molar-refractivity contribution in [2.24, 2.45) is 0 Å². The van der Waals surface area contributed by atoms with Gasteiger partial charge in [0.15, 0.2) is 5.78 Å². The first kappa shape index (κ1) is 11.1. The molecule has 0 spiro atoms. The van der Waals surface area contributed by atoms with Crippen LogP contribution in [0.3, 0.4) is 0 Å². The highest BCUT2D eigenvalue weighted by molar-refractivity contribution is 6.35. The van der Waals surface area contributed by atoms with E-state index in [1.165, 1.54) is 6.20 Å². The minimum absolute atomic E-state index is 0.158. The van der Waals surface area contributed by atoms with Crippen LogP contribution >= 0.6 is 23.2 Å². The summed E-state index contributed by atoms with van der Waals surface area (Å²) in [5.41, 5.74) is 0.936. The Hall–Kier alpha value is -1.38. The molecule has 1 aromatic carbocycles. The number of ketones is 1. The zero-order valence-corrected chi connectivity index (χ0v) is 9.66. The van der Waals surface area contributed by atoms with E-state index in [0.717, 1.165) is 0 Å². The molecule has 0 atom stereocenters. The van der Waals surface area contributed by atoms with Crippen molar-refractivity contribution in [1.82, 2.24) is 4.98 Å². The fraction of sp³-hybridized carbons (Fsp3) is 0. The third kappa shape index (κ3) is 2.23. The summed E-state index contributed by atoms with van der Waals surface area (Å²) in [6.07, 6.45) is 3.00. The molecule has 0 aliphatic rings. The number of nitrogens with zero attached hydrogens (tertiary/aromatic N) is 1. The number of benzene rings is 1. The third-order valence-electron chi connectivity index (χ3n) is 2.12. The van der Waals surface area contributed by atoms with Crippen molar-refractivity contribution in [2.45, 2.75) is 0 Å². The summed E-state index contributed by atoms with van der Waals surface area (Å²) in [6, 6.07) is 8.24. The second-order valence-corrected chi connectivity index (χ2v) is 4.04. The van der Waals surface area contributed by atoms with Gasteiger partial charge in [-0.2, -0.15) is 0 Å². The predicted molar refractivity (Wildman–Crippen MR) is 64.1 cm³/mol. The average molecular weight is 252 g/mol. The molecule has 0 bridgehead atoms. The van der Waals surface area contributed by atoms with E-state index in [9.17, 15) is 4.79 Å². The van der Waals surface area contributed by atoms with E-state index in [0.29, 0.717) is 21.2 Å². The average Bonchev–Trinajstić information content (AvgIpc) is 2.30. The van der Waals surface area contributed by atoms with Crippen molar-refractivity contribution in [1.29, 1.82) is 0 Å². The molecule has 1 heterocycles. The van der Waals surface area contributed by atoms with E-state index in [1.54, 1.807) is 36.5 Å². The number of carbonyl (C=O) groups excluding carboxylic acids is 1. The fourth-order valence-corrected chi connectivity index (χ4v) is 1.62. The minimum Gasteiger partial charge on any atom is -0.288 e. The Morgan fingerprint density at radius 2 is 1.75 bits per heavy atom. The number of pyridine rings is 1. The second kappa shape index (κ2) is 4.64. The standard InChI is InChI=1S/C12H7Cl2NO/c13-9-3-1-8(2-4-9)12(16)10-7-15-6-5-11(10)14/h1-7H. The molecule has 0 N–H and O–H groups in total. The van der Waals surface area contributed by atoms with Crippen LogP contribution in [0.5, 0.6) is 0 Å². The maximum Gasteiger partial charge on any atom is 0.196 e. The van der Waals surface area contributed by atoms with E-state index in [2.05, 4.69) is 4.98 Å². The first-order valence-electron chi connectivity index (χ1n) is 4.58. The van der Waals surface area contributed by atoms with Crippen LogP contribution in [-0.2, 0) is 0 Å². The summed E-state index contributed by atoms with van der Waals surface area (Å²) < 4.78 is 0. The zero-order valence-electron chi connectivity index (χ0n) is 8.15. The highest BCUT2D eigenvalue weighted by Crippen LogP contribution is 2.19. The third-order valence-corrected chi connectivity index (χ3v) is 2.70. The molecule has 2 aromatic rings. The molecular weight excluding hydrogens is 245 g/mol. The highest BCUT2D eigenvalue weighted by Gasteiger charge is 2.12.